The van der Waals surface area contributed by atoms with Crippen LogP contribution in [0.15, 0.2) is 79.5 Å². The fraction of sp³-hybridized carbons (Fsp3) is 0.0909. The zero-order valence-corrected chi connectivity index (χ0v) is 16.7. The molecule has 4 nitrogen and oxygen atoms in total. The quantitative estimate of drug-likeness (QED) is 0.360. The van der Waals surface area contributed by atoms with Gasteiger partial charge in [0.25, 0.3) is 0 Å². The van der Waals surface area contributed by atoms with E-state index in [1.807, 2.05) is 54.8 Å². The molecule has 3 aromatic rings. The average molecular weight is 411 g/mol. The van der Waals surface area contributed by atoms with Gasteiger partial charge in [-0.3, -0.25) is 0 Å². The number of allylic oxidation sites excluding steroid dienone is 4. The van der Waals surface area contributed by atoms with Gasteiger partial charge in [-0.15, -0.1) is 0 Å². The molecule has 0 aliphatic heterocycles. The zero-order valence-electron chi connectivity index (χ0n) is 15.2. The number of rotatable bonds is 8. The highest BCUT2D eigenvalue weighted by Gasteiger charge is 2.12. The van der Waals surface area contributed by atoms with Gasteiger partial charge >= 0.3 is 0 Å². The van der Waals surface area contributed by atoms with Crippen molar-refractivity contribution in [2.75, 3.05) is 18.4 Å². The van der Waals surface area contributed by atoms with E-state index < -0.39 is 0 Å². The topological polar surface area (TPSA) is 49.8 Å². The van der Waals surface area contributed by atoms with Crippen molar-refractivity contribution in [2.24, 2.45) is 0 Å². The predicted molar refractivity (Wildman–Crippen MR) is 120 cm³/mol. The van der Waals surface area contributed by atoms with Crippen LogP contribution in [0.5, 0.6) is 0 Å². The first-order valence-electron chi connectivity index (χ1n) is 8.83. The maximum atomic E-state index is 6.35. The molecule has 0 aliphatic rings. The lowest BCUT2D eigenvalue weighted by Gasteiger charge is -2.12. The molecule has 0 spiro atoms. The lowest BCUT2D eigenvalue weighted by Crippen LogP contribution is -2.18. The molecule has 0 aliphatic carbocycles. The molecule has 2 N–H and O–H groups in total. The molecule has 0 saturated heterocycles. The van der Waals surface area contributed by atoms with Crippen molar-refractivity contribution in [2.45, 2.75) is 0 Å². The second-order valence-corrected chi connectivity index (χ2v) is 6.74. The Morgan fingerprint density at radius 3 is 2.64 bits per heavy atom. The Morgan fingerprint density at radius 2 is 1.82 bits per heavy atom. The van der Waals surface area contributed by atoms with E-state index in [4.69, 9.17) is 28.2 Å². The summed E-state index contributed by atoms with van der Waals surface area (Å²) in [5.41, 5.74) is 1.60. The van der Waals surface area contributed by atoms with Gasteiger partial charge in [0, 0.05) is 29.1 Å². The predicted octanol–water partition coefficient (Wildman–Crippen LogP) is 5.86. The molecule has 0 atom stereocenters. The van der Waals surface area contributed by atoms with Crippen molar-refractivity contribution in [1.82, 2.24) is 15.3 Å². The fourth-order valence-electron chi connectivity index (χ4n) is 2.61. The van der Waals surface area contributed by atoms with E-state index in [1.165, 1.54) is 0 Å². The first kappa shape index (κ1) is 19.9. The van der Waals surface area contributed by atoms with Crippen molar-refractivity contribution >= 4 is 39.9 Å². The second kappa shape index (κ2) is 9.93. The van der Waals surface area contributed by atoms with E-state index in [9.17, 15) is 0 Å². The number of para-hydroxylation sites is 1. The summed E-state index contributed by atoms with van der Waals surface area (Å²) in [6, 6.07) is 13.2. The van der Waals surface area contributed by atoms with Gasteiger partial charge in [0.1, 0.15) is 5.82 Å². The Hall–Kier alpha value is -2.82. The summed E-state index contributed by atoms with van der Waals surface area (Å²) < 4.78 is 0. The standard InChI is InChI=1S/C22H20Cl2N4/c1-2-3-4-7-12-25-13-14-26-21-18-8-5-6-9-20(18)27-22(28-21)17-11-10-16(23)15-19(17)24/h2-12,15,25H,1,13-14H2,(H,26,27,28)/b4-3-,12-7+. The molecular weight excluding hydrogens is 391 g/mol. The van der Waals surface area contributed by atoms with Crippen LogP contribution in [0.2, 0.25) is 10.0 Å². The summed E-state index contributed by atoms with van der Waals surface area (Å²) in [5.74, 6) is 1.33. The lowest BCUT2D eigenvalue weighted by atomic mass is 10.2. The number of benzene rings is 2. The summed E-state index contributed by atoms with van der Waals surface area (Å²) in [6.45, 7) is 5.07. The smallest absolute Gasteiger partial charge is 0.163 e. The third kappa shape index (κ3) is 5.12. The van der Waals surface area contributed by atoms with Crippen LogP contribution in [0.4, 0.5) is 5.82 Å². The third-order valence-electron chi connectivity index (χ3n) is 3.91. The van der Waals surface area contributed by atoms with Crippen LogP contribution in [0.25, 0.3) is 22.3 Å². The third-order valence-corrected chi connectivity index (χ3v) is 4.46. The Bertz CT molecular complexity index is 1030. The van der Waals surface area contributed by atoms with Crippen LogP contribution >= 0.6 is 23.2 Å². The van der Waals surface area contributed by atoms with Gasteiger partial charge in [0.2, 0.25) is 0 Å². The number of aromatic nitrogens is 2. The molecule has 1 aromatic heterocycles. The summed E-state index contributed by atoms with van der Waals surface area (Å²) >= 11 is 12.4. The Morgan fingerprint density at radius 1 is 0.964 bits per heavy atom. The monoisotopic (exact) mass is 410 g/mol. The van der Waals surface area contributed by atoms with Gasteiger partial charge < -0.3 is 10.6 Å². The molecule has 0 fully saturated rings. The fourth-order valence-corrected chi connectivity index (χ4v) is 3.10. The minimum absolute atomic E-state index is 0.521. The number of anilines is 1. The van der Waals surface area contributed by atoms with Crippen molar-refractivity contribution in [3.63, 3.8) is 0 Å². The Balaban J connectivity index is 1.80. The second-order valence-electron chi connectivity index (χ2n) is 5.90. The van der Waals surface area contributed by atoms with E-state index in [0.717, 1.165) is 28.8 Å². The van der Waals surface area contributed by atoms with Crippen LogP contribution in [0.3, 0.4) is 0 Å². The zero-order chi connectivity index (χ0) is 19.8. The van der Waals surface area contributed by atoms with Gasteiger partial charge in [-0.2, -0.15) is 0 Å². The maximum absolute atomic E-state index is 6.35. The molecule has 0 radical (unpaired) electrons. The number of hydrogen-bond donors (Lipinski definition) is 2. The summed E-state index contributed by atoms with van der Waals surface area (Å²) in [4.78, 5) is 9.36. The van der Waals surface area contributed by atoms with Gasteiger partial charge in [0.15, 0.2) is 5.82 Å². The minimum atomic E-state index is 0.521. The van der Waals surface area contributed by atoms with Crippen molar-refractivity contribution in [3.8, 4) is 11.4 Å². The molecule has 6 heteroatoms. The van der Waals surface area contributed by atoms with Crippen LogP contribution < -0.4 is 10.6 Å². The highest BCUT2D eigenvalue weighted by Crippen LogP contribution is 2.31. The van der Waals surface area contributed by atoms with Crippen LogP contribution in [0.1, 0.15) is 0 Å². The summed E-state index contributed by atoms with van der Waals surface area (Å²) in [7, 11) is 0. The van der Waals surface area contributed by atoms with Gasteiger partial charge in [-0.05, 0) is 42.6 Å². The average Bonchev–Trinajstić information content (AvgIpc) is 2.69. The molecule has 1 heterocycles. The molecule has 0 unspecified atom stereocenters. The number of halogens is 2. The van der Waals surface area contributed by atoms with E-state index in [-0.39, 0.29) is 0 Å². The number of nitrogens with zero attached hydrogens (tertiary/aromatic N) is 2. The van der Waals surface area contributed by atoms with Crippen molar-refractivity contribution in [1.29, 1.82) is 0 Å². The molecule has 0 amide bonds. The molecule has 0 saturated carbocycles. The first-order chi connectivity index (χ1) is 13.7. The molecule has 142 valence electrons. The van der Waals surface area contributed by atoms with Crippen molar-refractivity contribution in [3.05, 3.63) is 89.6 Å². The summed E-state index contributed by atoms with van der Waals surface area (Å²) in [6.07, 6.45) is 9.32. The molecule has 3 rings (SSSR count). The van der Waals surface area contributed by atoms with E-state index in [1.54, 1.807) is 18.2 Å². The molecular formula is C22H20Cl2N4. The lowest BCUT2D eigenvalue weighted by molar-refractivity contribution is 0.866. The van der Waals surface area contributed by atoms with E-state index in [0.29, 0.717) is 22.4 Å². The van der Waals surface area contributed by atoms with Gasteiger partial charge in [-0.1, -0.05) is 60.1 Å². The molecule has 28 heavy (non-hydrogen) atoms. The van der Waals surface area contributed by atoms with Crippen LogP contribution in [-0.2, 0) is 0 Å². The Labute approximate surface area is 174 Å². The van der Waals surface area contributed by atoms with Gasteiger partial charge in [0.05, 0.1) is 10.5 Å². The normalized spacial score (nSPS) is 11.4. The number of fused-ring (bicyclic) bond motifs is 1. The van der Waals surface area contributed by atoms with Gasteiger partial charge in [-0.25, -0.2) is 9.97 Å². The number of nitrogens with one attached hydrogen (secondary N) is 2. The van der Waals surface area contributed by atoms with Crippen LogP contribution in [-0.4, -0.2) is 23.1 Å². The molecule has 0 bridgehead atoms. The summed E-state index contributed by atoms with van der Waals surface area (Å²) in [5, 5.41) is 8.66. The Kier molecular flexibility index (Phi) is 7.06. The van der Waals surface area contributed by atoms with Crippen LogP contribution in [0, 0.1) is 0 Å². The van der Waals surface area contributed by atoms with E-state index >= 15 is 0 Å². The highest BCUT2D eigenvalue weighted by atomic mass is 35.5. The highest BCUT2D eigenvalue weighted by molar-refractivity contribution is 6.36. The maximum Gasteiger partial charge on any atom is 0.163 e. The van der Waals surface area contributed by atoms with Crippen molar-refractivity contribution < 1.29 is 0 Å². The van der Waals surface area contributed by atoms with E-state index in [2.05, 4.69) is 22.2 Å². The first-order valence-corrected chi connectivity index (χ1v) is 9.58. The number of hydrogen-bond acceptors (Lipinski definition) is 4. The SMILES string of the molecule is C=C/C=C\C=C\NCCNc1nc(-c2ccc(Cl)cc2Cl)nc2ccccc12. The molecule has 2 aromatic carbocycles. The minimum Gasteiger partial charge on any atom is -0.389 e. The largest absolute Gasteiger partial charge is 0.389 e.